The van der Waals surface area contributed by atoms with Crippen molar-refractivity contribution in [3.63, 3.8) is 0 Å². The number of aryl methyl sites for hydroxylation is 1. The molecule has 38 heavy (non-hydrogen) atoms. The van der Waals surface area contributed by atoms with E-state index in [-0.39, 0.29) is 6.61 Å². The van der Waals surface area contributed by atoms with Gasteiger partial charge in [0.2, 0.25) is 5.95 Å². The Morgan fingerprint density at radius 3 is 2.42 bits per heavy atom. The number of para-hydroxylation sites is 2. The molecule has 2 aliphatic rings. The van der Waals surface area contributed by atoms with Crippen molar-refractivity contribution in [1.29, 1.82) is 0 Å². The van der Waals surface area contributed by atoms with Gasteiger partial charge in [-0.3, -0.25) is 9.47 Å². The number of morpholine rings is 1. The normalized spacial score (nSPS) is 18.2. The van der Waals surface area contributed by atoms with Gasteiger partial charge in [-0.2, -0.15) is 9.97 Å². The van der Waals surface area contributed by atoms with Gasteiger partial charge in [-0.1, -0.05) is 12.1 Å². The Kier molecular flexibility index (Phi) is 6.55. The molecule has 0 aliphatic carbocycles. The predicted octanol–water partition coefficient (Wildman–Crippen LogP) is 2.01. The summed E-state index contributed by atoms with van der Waals surface area (Å²) in [6.07, 6.45) is 1.93. The summed E-state index contributed by atoms with van der Waals surface area (Å²) < 4.78 is 9.51. The third-order valence-corrected chi connectivity index (χ3v) is 8.02. The van der Waals surface area contributed by atoms with Crippen LogP contribution in [0.3, 0.4) is 0 Å². The number of aliphatic hydroxyl groups is 2. The smallest absolute Gasteiger partial charge is 0.239 e. The summed E-state index contributed by atoms with van der Waals surface area (Å²) in [6.45, 7) is 8.86. The van der Waals surface area contributed by atoms with E-state index in [4.69, 9.17) is 19.7 Å². The van der Waals surface area contributed by atoms with Crippen molar-refractivity contribution in [2.75, 3.05) is 44.3 Å². The second-order valence-corrected chi connectivity index (χ2v) is 10.9. The third-order valence-electron chi connectivity index (χ3n) is 8.02. The predicted molar refractivity (Wildman–Crippen MR) is 144 cm³/mol. The first-order valence-electron chi connectivity index (χ1n) is 13.4. The van der Waals surface area contributed by atoms with Crippen molar-refractivity contribution in [2.45, 2.75) is 45.4 Å². The zero-order chi connectivity index (χ0) is 26.4. The first kappa shape index (κ1) is 25.2. The number of hydrogen-bond donors (Lipinski definition) is 2. The maximum atomic E-state index is 10.4. The molecule has 2 N–H and O–H groups in total. The van der Waals surface area contributed by atoms with E-state index in [0.717, 1.165) is 72.9 Å². The van der Waals surface area contributed by atoms with Gasteiger partial charge in [0.15, 0.2) is 17.0 Å². The molecule has 4 aromatic rings. The summed E-state index contributed by atoms with van der Waals surface area (Å²) in [6, 6.07) is 7.78. The van der Waals surface area contributed by atoms with Crippen molar-refractivity contribution in [3.05, 3.63) is 35.9 Å². The lowest BCUT2D eigenvalue weighted by atomic mass is 9.83. The first-order chi connectivity index (χ1) is 18.3. The molecule has 5 heterocycles. The molecule has 1 aromatic carbocycles. The van der Waals surface area contributed by atoms with Crippen LogP contribution in [-0.4, -0.2) is 89.2 Å². The molecule has 0 bridgehead atoms. The van der Waals surface area contributed by atoms with Crippen LogP contribution in [0.25, 0.3) is 28.1 Å². The average molecular weight is 521 g/mol. The number of hydrogen-bond acceptors (Lipinski definition) is 9. The molecule has 2 saturated heterocycles. The third kappa shape index (κ3) is 4.53. The van der Waals surface area contributed by atoms with Crippen molar-refractivity contribution in [1.82, 2.24) is 34.0 Å². The number of imidazole rings is 2. The molecular formula is C27H36N8O3. The zero-order valence-corrected chi connectivity index (χ0v) is 22.3. The fourth-order valence-corrected chi connectivity index (χ4v) is 5.72. The average Bonchev–Trinajstić information content (AvgIpc) is 3.46. The van der Waals surface area contributed by atoms with Gasteiger partial charge in [-0.15, -0.1) is 0 Å². The summed E-state index contributed by atoms with van der Waals surface area (Å²) in [5.41, 5.74) is 2.51. The summed E-state index contributed by atoms with van der Waals surface area (Å²) >= 11 is 0. The molecule has 0 saturated carbocycles. The molecule has 11 nitrogen and oxygen atoms in total. The van der Waals surface area contributed by atoms with E-state index in [9.17, 15) is 10.2 Å². The van der Waals surface area contributed by atoms with Crippen LogP contribution in [0.4, 0.5) is 5.82 Å². The Labute approximate surface area is 221 Å². The second kappa shape index (κ2) is 9.88. The van der Waals surface area contributed by atoms with Gasteiger partial charge >= 0.3 is 0 Å². The minimum absolute atomic E-state index is 0.222. The highest BCUT2D eigenvalue weighted by Gasteiger charge is 2.31. The number of fused-ring (bicyclic) bond motifs is 2. The van der Waals surface area contributed by atoms with Gasteiger partial charge in [-0.05, 0) is 57.8 Å². The molecule has 202 valence electrons. The fraction of sp³-hybridized carbons (Fsp3) is 0.556. The molecule has 0 spiro atoms. The highest BCUT2D eigenvalue weighted by molar-refractivity contribution is 5.86. The van der Waals surface area contributed by atoms with E-state index >= 15 is 0 Å². The molecule has 0 amide bonds. The molecule has 0 radical (unpaired) electrons. The van der Waals surface area contributed by atoms with Gasteiger partial charge in [0.1, 0.15) is 18.3 Å². The molecule has 0 unspecified atom stereocenters. The number of aromatic nitrogens is 6. The molecule has 11 heteroatoms. The standard InChI is InChI=1S/C27H36N8O3/c1-27(2,37)18-8-10-33(11-9-18)16-21-29-23-24(32(21)3)30-26(31-25(23)34-12-14-38-15-13-34)35-20-7-5-4-6-19(20)28-22(35)17-36/h4-7,18,36-37H,8-17H2,1-3H3. The number of aliphatic hydroxyl groups excluding tert-OH is 1. The lowest BCUT2D eigenvalue weighted by molar-refractivity contribution is -0.0139. The Morgan fingerprint density at radius 1 is 0.974 bits per heavy atom. The molecule has 0 atom stereocenters. The number of ether oxygens (including phenoxy) is 1. The van der Waals surface area contributed by atoms with E-state index in [1.54, 1.807) is 0 Å². The van der Waals surface area contributed by atoms with E-state index in [1.165, 1.54) is 0 Å². The Hall–Kier alpha value is -3.12. The first-order valence-corrected chi connectivity index (χ1v) is 13.4. The van der Waals surface area contributed by atoms with Crippen molar-refractivity contribution >= 4 is 28.0 Å². The summed E-state index contributed by atoms with van der Waals surface area (Å²) in [4.78, 5) is 24.3. The molecule has 2 fully saturated rings. The molecule has 3 aromatic heterocycles. The fourth-order valence-electron chi connectivity index (χ4n) is 5.72. The number of piperidine rings is 1. The summed E-state index contributed by atoms with van der Waals surface area (Å²) in [7, 11) is 2.01. The van der Waals surface area contributed by atoms with Crippen LogP contribution >= 0.6 is 0 Å². The van der Waals surface area contributed by atoms with Gasteiger partial charge in [0.05, 0.1) is 36.4 Å². The van der Waals surface area contributed by atoms with Crippen LogP contribution in [0.2, 0.25) is 0 Å². The van der Waals surface area contributed by atoms with Gasteiger partial charge in [-0.25, -0.2) is 9.97 Å². The maximum absolute atomic E-state index is 10.4. The minimum Gasteiger partial charge on any atom is -0.390 e. The Morgan fingerprint density at radius 2 is 1.71 bits per heavy atom. The lowest BCUT2D eigenvalue weighted by Crippen LogP contribution is -2.41. The van der Waals surface area contributed by atoms with Crippen LogP contribution in [0.1, 0.15) is 38.3 Å². The van der Waals surface area contributed by atoms with Crippen molar-refractivity contribution in [3.8, 4) is 5.95 Å². The minimum atomic E-state index is -0.645. The SMILES string of the molecule is Cn1c(CN2CCC(C(C)(C)O)CC2)nc2c(N3CCOCC3)nc(-n3c(CO)nc4ccccc43)nc21. The monoisotopic (exact) mass is 520 g/mol. The van der Waals surface area contributed by atoms with Crippen LogP contribution in [0, 0.1) is 5.92 Å². The molecular weight excluding hydrogens is 484 g/mol. The van der Waals surface area contributed by atoms with Crippen molar-refractivity contribution < 1.29 is 14.9 Å². The molecule has 2 aliphatic heterocycles. The number of rotatable bonds is 6. The van der Waals surface area contributed by atoms with E-state index in [1.807, 2.05) is 49.7 Å². The van der Waals surface area contributed by atoms with E-state index in [0.29, 0.717) is 37.4 Å². The Balaban J connectivity index is 1.42. The topological polar surface area (TPSA) is 118 Å². The van der Waals surface area contributed by atoms with Crippen LogP contribution in [-0.2, 0) is 24.9 Å². The Bertz CT molecular complexity index is 1440. The summed E-state index contributed by atoms with van der Waals surface area (Å²) in [5.74, 6) is 2.98. The quantitative estimate of drug-likeness (QED) is 0.394. The highest BCUT2D eigenvalue weighted by Crippen LogP contribution is 2.31. The van der Waals surface area contributed by atoms with E-state index < -0.39 is 5.60 Å². The van der Waals surface area contributed by atoms with Crippen molar-refractivity contribution in [2.24, 2.45) is 13.0 Å². The lowest BCUT2D eigenvalue weighted by Gasteiger charge is -2.37. The number of anilines is 1. The van der Waals surface area contributed by atoms with E-state index in [2.05, 4.69) is 19.4 Å². The number of nitrogens with zero attached hydrogens (tertiary/aromatic N) is 8. The van der Waals surface area contributed by atoms with Crippen LogP contribution in [0.15, 0.2) is 24.3 Å². The van der Waals surface area contributed by atoms with Crippen LogP contribution < -0.4 is 4.90 Å². The number of likely N-dealkylation sites (tertiary alicyclic amines) is 1. The van der Waals surface area contributed by atoms with Crippen LogP contribution in [0.5, 0.6) is 0 Å². The zero-order valence-electron chi connectivity index (χ0n) is 22.3. The van der Waals surface area contributed by atoms with Gasteiger partial charge in [0.25, 0.3) is 0 Å². The number of benzene rings is 1. The maximum Gasteiger partial charge on any atom is 0.239 e. The van der Waals surface area contributed by atoms with Gasteiger partial charge in [0, 0.05) is 20.1 Å². The molecule has 6 rings (SSSR count). The second-order valence-electron chi connectivity index (χ2n) is 10.9. The van der Waals surface area contributed by atoms with Gasteiger partial charge < -0.3 is 24.4 Å². The highest BCUT2D eigenvalue weighted by atomic mass is 16.5. The largest absolute Gasteiger partial charge is 0.390 e. The summed E-state index contributed by atoms with van der Waals surface area (Å²) in [5, 5.41) is 20.6.